The zero-order valence-electron chi connectivity index (χ0n) is 31.0. The standard InChI is InChI=1S/C37H70N3O3P/c1-32(2,3)25-28(39-21-16-14-15-18-30(39)42)36(10,11)33(4,5)24-27(38-20-23-41)35(8,9)34(6,7)26-29(37(12,13)44)40-22-17-19-31(40)43/h23,27-29,38H,14-22,24-26,44H2,1-13H3. The molecule has 0 aromatic rings. The SMILES string of the molecule is CC(C)(C)CC(N1CCCCCC1=O)C(C)(C)C(C)(C)CC(NCC=O)C(C)(C)C(C)(C)CC(N1CCCC1=O)C(C)(C)P. The second-order valence-electron chi connectivity index (χ2n) is 18.5. The van der Waals surface area contributed by atoms with Gasteiger partial charge in [0.15, 0.2) is 0 Å². The second kappa shape index (κ2) is 14.4. The highest BCUT2D eigenvalue weighted by atomic mass is 31.0. The first-order valence-electron chi connectivity index (χ1n) is 17.4. The third-order valence-corrected chi connectivity index (χ3v) is 12.6. The average molecular weight is 636 g/mol. The van der Waals surface area contributed by atoms with Crippen LogP contribution < -0.4 is 5.32 Å². The van der Waals surface area contributed by atoms with Crippen LogP contribution in [0.15, 0.2) is 0 Å². The zero-order chi connectivity index (χ0) is 33.9. The molecule has 2 rings (SSSR count). The summed E-state index contributed by atoms with van der Waals surface area (Å²) < 4.78 is 0. The molecule has 2 fully saturated rings. The highest BCUT2D eigenvalue weighted by Crippen LogP contribution is 2.54. The Kier molecular flexibility index (Phi) is 12.8. The molecule has 0 spiro atoms. The van der Waals surface area contributed by atoms with Crippen molar-refractivity contribution in [1.82, 2.24) is 15.1 Å². The maximum absolute atomic E-state index is 13.5. The van der Waals surface area contributed by atoms with Crippen LogP contribution in [0.25, 0.3) is 0 Å². The summed E-state index contributed by atoms with van der Waals surface area (Å²) in [5.41, 5.74) is -0.630. The molecule has 0 saturated carbocycles. The quantitative estimate of drug-likeness (QED) is 0.147. The maximum Gasteiger partial charge on any atom is 0.222 e. The van der Waals surface area contributed by atoms with E-state index in [0.29, 0.717) is 25.3 Å². The number of carbonyl (C=O) groups excluding carboxylic acids is 3. The van der Waals surface area contributed by atoms with Crippen LogP contribution in [0.2, 0.25) is 0 Å². The van der Waals surface area contributed by atoms with Gasteiger partial charge in [-0.15, -0.1) is 9.24 Å². The van der Waals surface area contributed by atoms with Crippen molar-refractivity contribution in [3.05, 3.63) is 0 Å². The first-order valence-corrected chi connectivity index (χ1v) is 18.0. The van der Waals surface area contributed by atoms with E-state index in [-0.39, 0.29) is 56.3 Å². The highest BCUT2D eigenvalue weighted by Gasteiger charge is 2.53. The lowest BCUT2D eigenvalue weighted by molar-refractivity contribution is -0.140. The van der Waals surface area contributed by atoms with Gasteiger partial charge in [0.25, 0.3) is 0 Å². The number of rotatable bonds is 15. The van der Waals surface area contributed by atoms with Crippen molar-refractivity contribution in [3.8, 4) is 0 Å². The third kappa shape index (κ3) is 9.30. The Labute approximate surface area is 274 Å². The highest BCUT2D eigenvalue weighted by molar-refractivity contribution is 7.19. The van der Waals surface area contributed by atoms with Crippen LogP contribution >= 0.6 is 9.24 Å². The number of nitrogens with one attached hydrogen (secondary N) is 1. The van der Waals surface area contributed by atoms with Crippen LogP contribution in [0, 0.1) is 27.1 Å². The van der Waals surface area contributed by atoms with Gasteiger partial charge >= 0.3 is 0 Å². The van der Waals surface area contributed by atoms with Crippen LogP contribution in [0.4, 0.5) is 0 Å². The lowest BCUT2D eigenvalue weighted by atomic mass is 9.54. The van der Waals surface area contributed by atoms with Crippen molar-refractivity contribution in [3.63, 3.8) is 0 Å². The van der Waals surface area contributed by atoms with E-state index in [9.17, 15) is 14.4 Å². The van der Waals surface area contributed by atoms with Crippen molar-refractivity contribution in [2.24, 2.45) is 27.1 Å². The molecule has 1 N–H and O–H groups in total. The molecule has 0 aromatic heterocycles. The summed E-state index contributed by atoms with van der Waals surface area (Å²) in [4.78, 5) is 42.6. The first kappa shape index (κ1) is 39.2. The molecule has 2 aliphatic rings. The molecule has 2 saturated heterocycles. The molecule has 44 heavy (non-hydrogen) atoms. The number of nitrogens with zero attached hydrogens (tertiary/aromatic N) is 2. The van der Waals surface area contributed by atoms with Crippen molar-refractivity contribution in [2.45, 2.75) is 171 Å². The van der Waals surface area contributed by atoms with Gasteiger partial charge in [-0.2, -0.15) is 0 Å². The van der Waals surface area contributed by atoms with Crippen LogP contribution in [0.3, 0.4) is 0 Å². The molecule has 0 bridgehead atoms. The van der Waals surface area contributed by atoms with E-state index >= 15 is 0 Å². The average Bonchev–Trinajstić information content (AvgIpc) is 3.17. The van der Waals surface area contributed by atoms with E-state index in [4.69, 9.17) is 0 Å². The molecule has 4 unspecified atom stereocenters. The number of likely N-dealkylation sites (tertiary alicyclic amines) is 2. The van der Waals surface area contributed by atoms with Gasteiger partial charge in [0.1, 0.15) is 6.29 Å². The minimum Gasteiger partial charge on any atom is -0.339 e. The van der Waals surface area contributed by atoms with Gasteiger partial charge in [-0.25, -0.2) is 0 Å². The fourth-order valence-corrected chi connectivity index (χ4v) is 7.95. The second-order valence-corrected chi connectivity index (χ2v) is 19.9. The summed E-state index contributed by atoms with van der Waals surface area (Å²) in [6.07, 6.45) is 9.06. The molecular weight excluding hydrogens is 565 g/mol. The van der Waals surface area contributed by atoms with Gasteiger partial charge in [0.2, 0.25) is 11.8 Å². The summed E-state index contributed by atoms with van der Waals surface area (Å²) in [6.45, 7) is 32.2. The smallest absolute Gasteiger partial charge is 0.222 e. The maximum atomic E-state index is 13.5. The van der Waals surface area contributed by atoms with Crippen LogP contribution in [0.1, 0.15) is 148 Å². The number of hydrogen-bond acceptors (Lipinski definition) is 4. The normalized spacial score (nSPS) is 20.5. The van der Waals surface area contributed by atoms with Crippen molar-refractivity contribution < 1.29 is 14.4 Å². The Morgan fingerprint density at radius 1 is 0.682 bits per heavy atom. The zero-order valence-corrected chi connectivity index (χ0v) is 32.1. The largest absolute Gasteiger partial charge is 0.339 e. The molecule has 2 amide bonds. The van der Waals surface area contributed by atoms with E-state index in [0.717, 1.165) is 64.3 Å². The minimum absolute atomic E-state index is 0.0506. The summed E-state index contributed by atoms with van der Waals surface area (Å²) in [5.74, 6) is 0.575. The molecule has 2 aliphatic heterocycles. The van der Waals surface area contributed by atoms with E-state index < -0.39 is 0 Å². The molecule has 256 valence electrons. The molecule has 4 atom stereocenters. The Hall–Kier alpha value is -1.00. The van der Waals surface area contributed by atoms with Gasteiger partial charge in [-0.1, -0.05) is 96.4 Å². The topological polar surface area (TPSA) is 69.7 Å². The van der Waals surface area contributed by atoms with Crippen LogP contribution in [-0.4, -0.2) is 70.8 Å². The summed E-state index contributed by atoms with van der Waals surface area (Å²) in [7, 11) is 3.02. The molecule has 0 aromatic carbocycles. The van der Waals surface area contributed by atoms with Crippen molar-refractivity contribution in [1.29, 1.82) is 0 Å². The van der Waals surface area contributed by atoms with Gasteiger partial charge in [0, 0.05) is 44.1 Å². The van der Waals surface area contributed by atoms with E-state index in [1.807, 2.05) is 0 Å². The number of carbonyl (C=O) groups is 3. The lowest BCUT2D eigenvalue weighted by Crippen LogP contribution is -2.59. The van der Waals surface area contributed by atoms with E-state index in [2.05, 4.69) is 114 Å². The van der Waals surface area contributed by atoms with Gasteiger partial charge < -0.3 is 19.9 Å². The predicted molar refractivity (Wildman–Crippen MR) is 189 cm³/mol. The fraction of sp³-hybridized carbons (Fsp3) is 0.919. The third-order valence-electron chi connectivity index (χ3n) is 12.2. The summed E-state index contributed by atoms with van der Waals surface area (Å²) in [6, 6.07) is 0.280. The minimum atomic E-state index is -0.210. The predicted octanol–water partition coefficient (Wildman–Crippen LogP) is 7.88. The van der Waals surface area contributed by atoms with E-state index in [1.54, 1.807) is 0 Å². The molecule has 2 heterocycles. The number of aldehydes is 1. The molecule has 0 aliphatic carbocycles. The van der Waals surface area contributed by atoms with Crippen LogP contribution in [-0.2, 0) is 14.4 Å². The van der Waals surface area contributed by atoms with Gasteiger partial charge in [-0.05, 0) is 70.8 Å². The Morgan fingerprint density at radius 3 is 1.68 bits per heavy atom. The van der Waals surface area contributed by atoms with Crippen molar-refractivity contribution >= 4 is 27.3 Å². The Bertz CT molecular complexity index is 989. The summed E-state index contributed by atoms with van der Waals surface area (Å²) in [5, 5.41) is 3.56. The van der Waals surface area contributed by atoms with E-state index in [1.165, 1.54) is 0 Å². The lowest BCUT2D eigenvalue weighted by Gasteiger charge is -2.56. The Balaban J connectivity index is 2.50. The van der Waals surface area contributed by atoms with Crippen LogP contribution in [0.5, 0.6) is 0 Å². The molecular formula is C37H70N3O3P. The molecule has 6 nitrogen and oxygen atoms in total. The molecule has 7 heteroatoms. The Morgan fingerprint density at radius 2 is 1.18 bits per heavy atom. The number of amides is 2. The fourth-order valence-electron chi connectivity index (χ4n) is 7.66. The summed E-state index contributed by atoms with van der Waals surface area (Å²) >= 11 is 0. The number of hydrogen-bond donors (Lipinski definition) is 1. The first-order chi connectivity index (χ1) is 19.9. The van der Waals surface area contributed by atoms with Crippen molar-refractivity contribution in [2.75, 3.05) is 19.6 Å². The van der Waals surface area contributed by atoms with Gasteiger partial charge in [0.05, 0.1) is 6.54 Å². The van der Waals surface area contributed by atoms with Gasteiger partial charge in [-0.3, -0.25) is 9.59 Å². The molecule has 0 radical (unpaired) electrons. The monoisotopic (exact) mass is 636 g/mol.